The minimum atomic E-state index is 0.0449. The molecule has 4 nitrogen and oxygen atoms in total. The van der Waals surface area contributed by atoms with Crippen molar-refractivity contribution in [3.05, 3.63) is 28.8 Å². The fourth-order valence-electron chi connectivity index (χ4n) is 3.06. The molecule has 122 valence electrons. The van der Waals surface area contributed by atoms with Crippen LogP contribution < -0.4 is 10.5 Å². The monoisotopic (exact) mass is 324 g/mol. The quantitative estimate of drug-likeness (QED) is 0.904. The van der Waals surface area contributed by atoms with Crippen LogP contribution in [0.5, 0.6) is 5.75 Å². The topological polar surface area (TPSA) is 55.6 Å². The molecule has 0 bridgehead atoms. The zero-order valence-electron chi connectivity index (χ0n) is 13.3. The predicted octanol–water partition coefficient (Wildman–Crippen LogP) is 3.21. The van der Waals surface area contributed by atoms with Crippen molar-refractivity contribution in [2.75, 3.05) is 13.7 Å². The van der Waals surface area contributed by atoms with Gasteiger partial charge in [-0.15, -0.1) is 0 Å². The van der Waals surface area contributed by atoms with E-state index >= 15 is 0 Å². The van der Waals surface area contributed by atoms with E-state index < -0.39 is 0 Å². The Morgan fingerprint density at radius 1 is 1.45 bits per heavy atom. The van der Waals surface area contributed by atoms with E-state index in [1.54, 1.807) is 11.0 Å². The second-order valence-corrected chi connectivity index (χ2v) is 6.44. The maximum Gasteiger partial charge on any atom is 0.225 e. The van der Waals surface area contributed by atoms with E-state index in [1.807, 2.05) is 26.1 Å². The lowest BCUT2D eigenvalue weighted by atomic mass is 9.85. The van der Waals surface area contributed by atoms with Crippen LogP contribution in [0.2, 0.25) is 5.02 Å². The number of ether oxygens (including phenoxy) is 1. The molecular weight excluding hydrogens is 300 g/mol. The van der Waals surface area contributed by atoms with Crippen molar-refractivity contribution in [1.29, 1.82) is 0 Å². The number of benzene rings is 1. The SMILES string of the molecule is CCOc1ccc(Cl)cc1CN(C)C(=O)[C@@H]1CCC[C@H](N)C1. The number of hydrogen-bond donors (Lipinski definition) is 1. The highest BCUT2D eigenvalue weighted by atomic mass is 35.5. The number of rotatable bonds is 5. The Kier molecular flexibility index (Phi) is 6.09. The summed E-state index contributed by atoms with van der Waals surface area (Å²) in [5, 5.41) is 0.652. The summed E-state index contributed by atoms with van der Waals surface area (Å²) >= 11 is 6.07. The number of nitrogens with zero attached hydrogens (tertiary/aromatic N) is 1. The van der Waals surface area contributed by atoms with Gasteiger partial charge in [0, 0.05) is 36.1 Å². The normalized spacial score (nSPS) is 21.5. The summed E-state index contributed by atoms with van der Waals surface area (Å²) in [6.07, 6.45) is 3.78. The van der Waals surface area contributed by atoms with Crippen LogP contribution >= 0.6 is 11.6 Å². The molecule has 2 rings (SSSR count). The van der Waals surface area contributed by atoms with Gasteiger partial charge in [-0.05, 0) is 44.4 Å². The number of carbonyl (C=O) groups excluding carboxylic acids is 1. The molecule has 0 radical (unpaired) electrons. The van der Waals surface area contributed by atoms with Gasteiger partial charge in [-0.3, -0.25) is 4.79 Å². The molecule has 0 unspecified atom stereocenters. The van der Waals surface area contributed by atoms with Crippen LogP contribution in [-0.2, 0) is 11.3 Å². The van der Waals surface area contributed by atoms with Crippen LogP contribution in [0.4, 0.5) is 0 Å². The summed E-state index contributed by atoms with van der Waals surface area (Å²) in [6, 6.07) is 5.68. The average molecular weight is 325 g/mol. The summed E-state index contributed by atoms with van der Waals surface area (Å²) in [4.78, 5) is 14.4. The maximum atomic E-state index is 12.6. The number of hydrogen-bond acceptors (Lipinski definition) is 3. The lowest BCUT2D eigenvalue weighted by Crippen LogP contribution is -2.38. The summed E-state index contributed by atoms with van der Waals surface area (Å²) < 4.78 is 5.62. The number of halogens is 1. The minimum absolute atomic E-state index is 0.0449. The Balaban J connectivity index is 2.06. The van der Waals surface area contributed by atoms with Crippen LogP contribution in [0, 0.1) is 5.92 Å². The van der Waals surface area contributed by atoms with E-state index in [0.717, 1.165) is 37.0 Å². The molecule has 1 aromatic rings. The molecule has 2 N–H and O–H groups in total. The van der Waals surface area contributed by atoms with E-state index in [9.17, 15) is 4.79 Å². The summed E-state index contributed by atoms with van der Waals surface area (Å²) in [7, 11) is 1.83. The number of amides is 1. The van der Waals surface area contributed by atoms with Gasteiger partial charge in [-0.25, -0.2) is 0 Å². The van der Waals surface area contributed by atoms with Crippen molar-refractivity contribution < 1.29 is 9.53 Å². The third-order valence-corrected chi connectivity index (χ3v) is 4.41. The fourth-order valence-corrected chi connectivity index (χ4v) is 3.26. The summed E-state index contributed by atoms with van der Waals surface area (Å²) in [5.41, 5.74) is 6.93. The van der Waals surface area contributed by atoms with Gasteiger partial charge < -0.3 is 15.4 Å². The van der Waals surface area contributed by atoms with Crippen LogP contribution in [-0.4, -0.2) is 30.5 Å². The van der Waals surface area contributed by atoms with Crippen molar-refractivity contribution in [3.8, 4) is 5.75 Å². The fraction of sp³-hybridized carbons (Fsp3) is 0.588. The first kappa shape index (κ1) is 17.1. The smallest absolute Gasteiger partial charge is 0.225 e. The first-order chi connectivity index (χ1) is 10.5. The Morgan fingerprint density at radius 3 is 2.91 bits per heavy atom. The molecule has 2 atom stereocenters. The molecular formula is C17H25ClN2O2. The zero-order valence-corrected chi connectivity index (χ0v) is 14.1. The van der Waals surface area contributed by atoms with Crippen LogP contribution in [0.15, 0.2) is 18.2 Å². The standard InChI is InChI=1S/C17H25ClN2O2/c1-3-22-16-8-7-14(18)9-13(16)11-20(2)17(21)12-5-4-6-15(19)10-12/h7-9,12,15H,3-6,10-11,19H2,1-2H3/t12-,15+/m1/s1. The molecule has 1 amide bonds. The predicted molar refractivity (Wildman–Crippen MR) is 89.0 cm³/mol. The van der Waals surface area contributed by atoms with Crippen molar-refractivity contribution >= 4 is 17.5 Å². The van der Waals surface area contributed by atoms with Gasteiger partial charge in [-0.2, -0.15) is 0 Å². The number of carbonyl (C=O) groups is 1. The Hall–Kier alpha value is -1.26. The second kappa shape index (κ2) is 7.84. The van der Waals surface area contributed by atoms with E-state index in [0.29, 0.717) is 18.2 Å². The Morgan fingerprint density at radius 2 is 2.23 bits per heavy atom. The van der Waals surface area contributed by atoms with Gasteiger partial charge in [0.1, 0.15) is 5.75 Å². The molecule has 5 heteroatoms. The first-order valence-electron chi connectivity index (χ1n) is 7.93. The molecule has 0 aromatic heterocycles. The van der Waals surface area contributed by atoms with E-state index in [2.05, 4.69) is 0 Å². The van der Waals surface area contributed by atoms with Crippen molar-refractivity contribution in [3.63, 3.8) is 0 Å². The van der Waals surface area contributed by atoms with Gasteiger partial charge in [0.2, 0.25) is 5.91 Å². The number of nitrogens with two attached hydrogens (primary N) is 1. The van der Waals surface area contributed by atoms with Crippen molar-refractivity contribution in [1.82, 2.24) is 4.90 Å². The molecule has 0 heterocycles. The minimum Gasteiger partial charge on any atom is -0.494 e. The highest BCUT2D eigenvalue weighted by Crippen LogP contribution is 2.27. The molecule has 22 heavy (non-hydrogen) atoms. The van der Waals surface area contributed by atoms with Gasteiger partial charge in [0.25, 0.3) is 0 Å². The molecule has 0 saturated heterocycles. The van der Waals surface area contributed by atoms with Crippen LogP contribution in [0.25, 0.3) is 0 Å². The molecule has 1 aromatic carbocycles. The first-order valence-corrected chi connectivity index (χ1v) is 8.30. The van der Waals surface area contributed by atoms with E-state index in [4.69, 9.17) is 22.1 Å². The zero-order chi connectivity index (χ0) is 16.1. The summed E-state index contributed by atoms with van der Waals surface area (Å²) in [5.74, 6) is 0.993. The van der Waals surface area contributed by atoms with Gasteiger partial charge in [-0.1, -0.05) is 18.0 Å². The lowest BCUT2D eigenvalue weighted by molar-refractivity contribution is -0.135. The average Bonchev–Trinajstić information content (AvgIpc) is 2.49. The highest BCUT2D eigenvalue weighted by Gasteiger charge is 2.27. The molecule has 1 saturated carbocycles. The molecule has 0 aliphatic heterocycles. The van der Waals surface area contributed by atoms with Gasteiger partial charge in [0.05, 0.1) is 6.61 Å². The molecule has 1 aliphatic rings. The van der Waals surface area contributed by atoms with Crippen molar-refractivity contribution in [2.24, 2.45) is 11.7 Å². The maximum absolute atomic E-state index is 12.6. The largest absolute Gasteiger partial charge is 0.494 e. The third kappa shape index (κ3) is 4.37. The highest BCUT2D eigenvalue weighted by molar-refractivity contribution is 6.30. The Bertz CT molecular complexity index is 521. The molecule has 1 fully saturated rings. The van der Waals surface area contributed by atoms with E-state index in [1.165, 1.54) is 0 Å². The van der Waals surface area contributed by atoms with Gasteiger partial charge in [0.15, 0.2) is 0 Å². The van der Waals surface area contributed by atoms with Crippen LogP contribution in [0.3, 0.4) is 0 Å². The summed E-state index contributed by atoms with van der Waals surface area (Å²) in [6.45, 7) is 3.03. The lowest BCUT2D eigenvalue weighted by Gasteiger charge is -2.29. The van der Waals surface area contributed by atoms with E-state index in [-0.39, 0.29) is 17.9 Å². The second-order valence-electron chi connectivity index (χ2n) is 6.00. The van der Waals surface area contributed by atoms with Crippen LogP contribution in [0.1, 0.15) is 38.2 Å². The molecule has 0 spiro atoms. The Labute approximate surface area is 137 Å². The third-order valence-electron chi connectivity index (χ3n) is 4.17. The molecule has 1 aliphatic carbocycles. The van der Waals surface area contributed by atoms with Gasteiger partial charge >= 0.3 is 0 Å². The van der Waals surface area contributed by atoms with Crippen molar-refractivity contribution in [2.45, 2.75) is 45.2 Å².